The lowest BCUT2D eigenvalue weighted by atomic mass is 9.76. The number of nitrogens with one attached hydrogen (secondary N) is 1. The molecule has 1 spiro atoms. The molecule has 2 aromatic carbocycles. The number of carbonyl (C=O) groups excluding carboxylic acids is 3. The number of ether oxygens (including phenoxy) is 2. The van der Waals surface area contributed by atoms with E-state index in [1.165, 1.54) is 0 Å². The molecular weight excluding hydrogens is 410 g/mol. The Hall–Kier alpha value is -3.55. The number of urea groups is 1. The predicted molar refractivity (Wildman–Crippen MR) is 115 cm³/mol. The minimum absolute atomic E-state index is 0.187. The van der Waals surface area contributed by atoms with Crippen molar-refractivity contribution < 1.29 is 23.9 Å². The van der Waals surface area contributed by atoms with Gasteiger partial charge in [0.2, 0.25) is 12.7 Å². The molecule has 5 rings (SSSR count). The third-order valence-corrected chi connectivity index (χ3v) is 6.49. The quantitative estimate of drug-likeness (QED) is 0.730. The summed E-state index contributed by atoms with van der Waals surface area (Å²) < 4.78 is 10.7. The molecule has 1 N–H and O–H groups in total. The molecule has 1 saturated heterocycles. The lowest BCUT2D eigenvalue weighted by Gasteiger charge is -2.33. The first kappa shape index (κ1) is 20.4. The molecule has 8 nitrogen and oxygen atoms in total. The van der Waals surface area contributed by atoms with Crippen molar-refractivity contribution in [2.75, 3.05) is 19.9 Å². The van der Waals surface area contributed by atoms with Crippen molar-refractivity contribution >= 4 is 17.8 Å². The van der Waals surface area contributed by atoms with Crippen LogP contribution >= 0.6 is 0 Å². The van der Waals surface area contributed by atoms with Crippen molar-refractivity contribution in [2.24, 2.45) is 0 Å². The zero-order valence-corrected chi connectivity index (χ0v) is 17.9. The topological polar surface area (TPSA) is 88.2 Å². The zero-order chi connectivity index (χ0) is 22.3. The second-order valence-electron chi connectivity index (χ2n) is 8.33. The molecule has 0 saturated carbocycles. The van der Waals surface area contributed by atoms with Crippen LogP contribution in [0.25, 0.3) is 0 Å². The average Bonchev–Trinajstić information content (AvgIpc) is 3.36. The van der Waals surface area contributed by atoms with Gasteiger partial charge in [-0.15, -0.1) is 0 Å². The molecule has 2 aromatic rings. The van der Waals surface area contributed by atoms with Gasteiger partial charge in [0.25, 0.3) is 5.91 Å². The molecule has 8 heteroatoms. The number of nitrogens with zero attached hydrogens (tertiary/aromatic N) is 2. The fourth-order valence-electron chi connectivity index (χ4n) is 4.83. The SMILES string of the molecule is CCN(Cc1ccc2c(c1)OCO2)C(=O)CN1C(=O)N[C@@]2(CCCc3ccccc32)C1=O. The van der Waals surface area contributed by atoms with Gasteiger partial charge >= 0.3 is 6.03 Å². The van der Waals surface area contributed by atoms with Crippen LogP contribution in [-0.4, -0.2) is 47.5 Å². The van der Waals surface area contributed by atoms with Gasteiger partial charge in [0.1, 0.15) is 12.1 Å². The van der Waals surface area contributed by atoms with Crippen LogP contribution in [-0.2, 0) is 28.1 Å². The van der Waals surface area contributed by atoms with Gasteiger partial charge in [-0.3, -0.25) is 14.5 Å². The summed E-state index contributed by atoms with van der Waals surface area (Å²) in [5, 5.41) is 2.90. The van der Waals surface area contributed by atoms with Crippen LogP contribution in [0.15, 0.2) is 42.5 Å². The number of amides is 4. The Balaban J connectivity index is 1.33. The number of fused-ring (bicyclic) bond motifs is 3. The number of benzene rings is 2. The van der Waals surface area contributed by atoms with E-state index in [2.05, 4.69) is 5.32 Å². The Morgan fingerprint density at radius 3 is 2.81 bits per heavy atom. The maximum Gasteiger partial charge on any atom is 0.325 e. The number of rotatable bonds is 5. The van der Waals surface area contributed by atoms with Gasteiger partial charge in [0.05, 0.1) is 0 Å². The normalized spacial score (nSPS) is 21.0. The Bertz CT molecular complexity index is 1100. The highest BCUT2D eigenvalue weighted by Gasteiger charge is 2.54. The van der Waals surface area contributed by atoms with Gasteiger partial charge in [-0.05, 0) is 55.0 Å². The van der Waals surface area contributed by atoms with Crippen LogP contribution in [0.3, 0.4) is 0 Å². The largest absolute Gasteiger partial charge is 0.454 e. The van der Waals surface area contributed by atoms with Gasteiger partial charge in [0.15, 0.2) is 11.5 Å². The summed E-state index contributed by atoms with van der Waals surface area (Å²) >= 11 is 0. The summed E-state index contributed by atoms with van der Waals surface area (Å²) in [4.78, 5) is 42.0. The summed E-state index contributed by atoms with van der Waals surface area (Å²) in [6.45, 7) is 2.57. The first-order valence-electron chi connectivity index (χ1n) is 10.9. The molecule has 2 aliphatic heterocycles. The van der Waals surface area contributed by atoms with E-state index in [4.69, 9.17) is 9.47 Å². The van der Waals surface area contributed by atoms with E-state index >= 15 is 0 Å². The monoisotopic (exact) mass is 435 g/mol. The van der Waals surface area contributed by atoms with Crippen LogP contribution in [0.5, 0.6) is 11.5 Å². The highest BCUT2D eigenvalue weighted by molar-refractivity contribution is 6.09. The van der Waals surface area contributed by atoms with Crippen molar-refractivity contribution in [3.8, 4) is 11.5 Å². The molecule has 1 aliphatic carbocycles. The third kappa shape index (κ3) is 3.26. The zero-order valence-electron chi connectivity index (χ0n) is 17.9. The Kier molecular flexibility index (Phi) is 5.00. The minimum Gasteiger partial charge on any atom is -0.454 e. The second kappa shape index (κ2) is 7.85. The van der Waals surface area contributed by atoms with Crippen LogP contribution in [0.4, 0.5) is 4.79 Å². The maximum absolute atomic E-state index is 13.4. The summed E-state index contributed by atoms with van der Waals surface area (Å²) in [6.07, 6.45) is 2.21. The first-order valence-corrected chi connectivity index (χ1v) is 10.9. The highest BCUT2D eigenvalue weighted by Crippen LogP contribution is 2.40. The molecule has 0 unspecified atom stereocenters. The first-order chi connectivity index (χ1) is 15.5. The molecule has 1 fully saturated rings. The van der Waals surface area contributed by atoms with Gasteiger partial charge in [0, 0.05) is 13.1 Å². The van der Waals surface area contributed by atoms with E-state index in [9.17, 15) is 14.4 Å². The van der Waals surface area contributed by atoms with E-state index in [1.54, 1.807) is 4.90 Å². The molecule has 166 valence electrons. The fraction of sp³-hybridized carbons (Fsp3) is 0.375. The third-order valence-electron chi connectivity index (χ3n) is 6.49. The maximum atomic E-state index is 13.4. The van der Waals surface area contributed by atoms with Crippen LogP contribution < -0.4 is 14.8 Å². The molecular formula is C24H25N3O5. The summed E-state index contributed by atoms with van der Waals surface area (Å²) in [5.74, 6) is 0.704. The standard InChI is InChI=1S/C24H25N3O5/c1-2-26(13-16-9-10-19-20(12-16)32-15-31-19)21(28)14-27-22(29)24(25-23(27)30)11-5-7-17-6-3-4-8-18(17)24/h3-4,6,8-10,12H,2,5,7,11,13-15H2,1H3,(H,25,30)/t24-/m1/s1. The smallest absolute Gasteiger partial charge is 0.325 e. The number of carbonyl (C=O) groups is 3. The molecule has 0 bridgehead atoms. The van der Waals surface area contributed by atoms with E-state index in [-0.39, 0.29) is 25.2 Å². The van der Waals surface area contributed by atoms with Gasteiger partial charge in [-0.1, -0.05) is 30.3 Å². The van der Waals surface area contributed by atoms with Crippen LogP contribution in [0.2, 0.25) is 0 Å². The summed E-state index contributed by atoms with van der Waals surface area (Å²) in [5.41, 5.74) is 1.73. The van der Waals surface area contributed by atoms with Crippen molar-refractivity contribution in [3.63, 3.8) is 0 Å². The summed E-state index contributed by atoms with van der Waals surface area (Å²) in [7, 11) is 0. The van der Waals surface area contributed by atoms with Crippen LogP contribution in [0.1, 0.15) is 36.5 Å². The fourth-order valence-corrected chi connectivity index (χ4v) is 4.83. The van der Waals surface area contributed by atoms with Gasteiger partial charge < -0.3 is 19.7 Å². The Labute approximate surface area is 186 Å². The number of hydrogen-bond donors (Lipinski definition) is 1. The lowest BCUT2D eigenvalue weighted by molar-refractivity contribution is -0.139. The van der Waals surface area contributed by atoms with Crippen molar-refractivity contribution in [1.29, 1.82) is 0 Å². The Morgan fingerprint density at radius 1 is 1.16 bits per heavy atom. The van der Waals surface area contributed by atoms with Crippen molar-refractivity contribution in [1.82, 2.24) is 15.1 Å². The van der Waals surface area contributed by atoms with Crippen LogP contribution in [0, 0.1) is 0 Å². The minimum atomic E-state index is -1.07. The molecule has 3 aliphatic rings. The van der Waals surface area contributed by atoms with E-state index in [1.807, 2.05) is 49.4 Å². The lowest BCUT2D eigenvalue weighted by Crippen LogP contribution is -2.47. The molecule has 2 heterocycles. The van der Waals surface area contributed by atoms with E-state index in [0.717, 1.165) is 34.4 Å². The molecule has 4 amide bonds. The molecule has 32 heavy (non-hydrogen) atoms. The molecule has 0 aromatic heterocycles. The van der Waals surface area contributed by atoms with E-state index < -0.39 is 11.6 Å². The second-order valence-corrected chi connectivity index (χ2v) is 8.33. The van der Waals surface area contributed by atoms with Gasteiger partial charge in [-0.25, -0.2) is 4.79 Å². The highest BCUT2D eigenvalue weighted by atomic mass is 16.7. The van der Waals surface area contributed by atoms with Crippen molar-refractivity contribution in [3.05, 3.63) is 59.2 Å². The van der Waals surface area contributed by atoms with Gasteiger partial charge in [-0.2, -0.15) is 0 Å². The number of aryl methyl sites for hydroxylation is 1. The molecule has 0 radical (unpaired) electrons. The predicted octanol–water partition coefficient (Wildman–Crippen LogP) is 2.55. The van der Waals surface area contributed by atoms with Crippen molar-refractivity contribution in [2.45, 2.75) is 38.3 Å². The molecule has 1 atom stereocenters. The number of imide groups is 1. The Morgan fingerprint density at radius 2 is 1.97 bits per heavy atom. The summed E-state index contributed by atoms with van der Waals surface area (Å²) in [6, 6.07) is 12.7. The number of hydrogen-bond acceptors (Lipinski definition) is 5. The van der Waals surface area contributed by atoms with E-state index in [0.29, 0.717) is 31.0 Å². The average molecular weight is 435 g/mol. The number of likely N-dealkylation sites (N-methyl/N-ethyl adjacent to an activating group) is 1.